The molecule has 1 fully saturated rings. The van der Waals surface area contributed by atoms with E-state index in [1.165, 1.54) is 23.1 Å². The van der Waals surface area contributed by atoms with Crippen molar-refractivity contribution in [1.82, 2.24) is 10.2 Å². The minimum absolute atomic E-state index is 0. The summed E-state index contributed by atoms with van der Waals surface area (Å²) in [6, 6.07) is 6.72. The molecule has 0 bridgehead atoms. The van der Waals surface area contributed by atoms with E-state index in [1.807, 2.05) is 14.0 Å². The van der Waals surface area contributed by atoms with Gasteiger partial charge in [0.05, 0.1) is 6.04 Å². The Bertz CT molecular complexity index is 504. The largest absolute Gasteiger partial charge is 0.335 e. The first-order chi connectivity index (χ1) is 10.1. The second kappa shape index (κ2) is 8.54. The maximum absolute atomic E-state index is 12.8. The highest BCUT2D eigenvalue weighted by molar-refractivity contribution is 5.85. The smallest absolute Gasteiger partial charge is 0.227 e. The molecule has 1 aromatic rings. The zero-order valence-electron chi connectivity index (χ0n) is 14.2. The van der Waals surface area contributed by atoms with Gasteiger partial charge in [-0.25, -0.2) is 0 Å². The van der Waals surface area contributed by atoms with Crippen LogP contribution in [-0.2, 0) is 4.79 Å². The van der Waals surface area contributed by atoms with Crippen molar-refractivity contribution in [3.8, 4) is 0 Å². The van der Waals surface area contributed by atoms with E-state index in [1.54, 1.807) is 0 Å². The molecule has 0 aromatic heterocycles. The molecule has 0 radical (unpaired) electrons. The standard InChI is InChI=1S/C18H28N2O.ClH/c1-13-8-7-9-16(15(13)3)17-10-5-6-11-20(17)18(21)14(2)12-19-4;/h7-9,14,17,19H,5-6,10-12H2,1-4H3;1H. The number of nitrogens with zero attached hydrogens (tertiary/aromatic N) is 1. The van der Waals surface area contributed by atoms with E-state index >= 15 is 0 Å². The van der Waals surface area contributed by atoms with Crippen LogP contribution < -0.4 is 5.32 Å². The van der Waals surface area contributed by atoms with Gasteiger partial charge < -0.3 is 10.2 Å². The Balaban J connectivity index is 0.00000242. The van der Waals surface area contributed by atoms with E-state index in [2.05, 4.69) is 42.3 Å². The molecule has 1 N–H and O–H groups in total. The van der Waals surface area contributed by atoms with Crippen LogP contribution in [0.4, 0.5) is 0 Å². The number of aryl methyl sites for hydroxylation is 1. The minimum atomic E-state index is 0. The number of carbonyl (C=O) groups is 1. The predicted octanol–water partition coefficient (Wildman–Crippen LogP) is 3.63. The van der Waals surface area contributed by atoms with E-state index in [-0.39, 0.29) is 30.3 Å². The van der Waals surface area contributed by atoms with Crippen LogP contribution in [0.1, 0.15) is 48.9 Å². The minimum Gasteiger partial charge on any atom is -0.335 e. The Morgan fingerprint density at radius 3 is 2.77 bits per heavy atom. The molecule has 1 heterocycles. The van der Waals surface area contributed by atoms with Gasteiger partial charge in [0.1, 0.15) is 0 Å². The zero-order chi connectivity index (χ0) is 15.4. The molecule has 22 heavy (non-hydrogen) atoms. The first-order valence-corrected chi connectivity index (χ1v) is 8.07. The SMILES string of the molecule is CNCC(C)C(=O)N1CCCCC1c1cccc(C)c1C.Cl. The summed E-state index contributed by atoms with van der Waals surface area (Å²) in [5.74, 6) is 0.329. The summed E-state index contributed by atoms with van der Waals surface area (Å²) < 4.78 is 0. The first kappa shape index (κ1) is 19.0. The Morgan fingerprint density at radius 1 is 1.36 bits per heavy atom. The fourth-order valence-corrected chi connectivity index (χ4v) is 3.33. The number of rotatable bonds is 4. The van der Waals surface area contributed by atoms with Crippen LogP contribution in [0.2, 0.25) is 0 Å². The molecule has 0 spiro atoms. The molecule has 2 rings (SSSR count). The number of hydrogen-bond donors (Lipinski definition) is 1. The van der Waals surface area contributed by atoms with Gasteiger partial charge in [-0.3, -0.25) is 4.79 Å². The molecule has 0 saturated carbocycles. The van der Waals surface area contributed by atoms with Gasteiger partial charge in [-0.05, 0) is 56.8 Å². The summed E-state index contributed by atoms with van der Waals surface area (Å²) in [4.78, 5) is 14.9. The highest BCUT2D eigenvalue weighted by Gasteiger charge is 2.31. The van der Waals surface area contributed by atoms with Gasteiger partial charge in [-0.2, -0.15) is 0 Å². The van der Waals surface area contributed by atoms with Gasteiger partial charge in [-0.15, -0.1) is 12.4 Å². The van der Waals surface area contributed by atoms with Gasteiger partial charge in [0.25, 0.3) is 0 Å². The summed E-state index contributed by atoms with van der Waals surface area (Å²) in [5.41, 5.74) is 3.98. The topological polar surface area (TPSA) is 32.3 Å². The molecule has 2 unspecified atom stereocenters. The van der Waals surface area contributed by atoms with Crippen molar-refractivity contribution in [2.45, 2.75) is 46.1 Å². The fraction of sp³-hybridized carbons (Fsp3) is 0.611. The lowest BCUT2D eigenvalue weighted by atomic mass is 9.89. The molecule has 1 aliphatic heterocycles. The lowest BCUT2D eigenvalue weighted by molar-refractivity contribution is -0.138. The molecule has 1 aromatic carbocycles. The maximum atomic E-state index is 12.8. The molecule has 1 saturated heterocycles. The number of carbonyl (C=O) groups excluding carboxylic acids is 1. The lowest BCUT2D eigenvalue weighted by Gasteiger charge is -2.38. The highest BCUT2D eigenvalue weighted by Crippen LogP contribution is 2.34. The monoisotopic (exact) mass is 324 g/mol. The fourth-order valence-electron chi connectivity index (χ4n) is 3.33. The molecular formula is C18H29ClN2O. The van der Waals surface area contributed by atoms with Gasteiger partial charge in [0, 0.05) is 19.0 Å². The summed E-state index contributed by atoms with van der Waals surface area (Å²) >= 11 is 0. The van der Waals surface area contributed by atoms with Crippen LogP contribution in [0, 0.1) is 19.8 Å². The van der Waals surface area contributed by atoms with Crippen LogP contribution in [0.3, 0.4) is 0 Å². The third-order valence-electron chi connectivity index (χ3n) is 4.72. The number of amides is 1. The lowest BCUT2D eigenvalue weighted by Crippen LogP contribution is -2.43. The molecular weight excluding hydrogens is 296 g/mol. The molecule has 124 valence electrons. The zero-order valence-corrected chi connectivity index (χ0v) is 15.0. The number of nitrogens with one attached hydrogen (secondary N) is 1. The number of piperidine rings is 1. The van der Waals surface area contributed by atoms with Crippen molar-refractivity contribution in [1.29, 1.82) is 0 Å². The summed E-state index contributed by atoms with van der Waals surface area (Å²) in [6.45, 7) is 7.99. The molecule has 2 atom stereocenters. The van der Waals surface area contributed by atoms with Crippen LogP contribution in [0.15, 0.2) is 18.2 Å². The second-order valence-electron chi connectivity index (χ2n) is 6.29. The highest BCUT2D eigenvalue weighted by atomic mass is 35.5. The third-order valence-corrected chi connectivity index (χ3v) is 4.72. The van der Waals surface area contributed by atoms with Crippen LogP contribution in [0.25, 0.3) is 0 Å². The summed E-state index contributed by atoms with van der Waals surface area (Å²) in [6.07, 6.45) is 3.42. The van der Waals surface area contributed by atoms with E-state index in [0.717, 1.165) is 25.9 Å². The van der Waals surface area contributed by atoms with E-state index in [9.17, 15) is 4.79 Å². The normalized spacial score (nSPS) is 19.5. The van der Waals surface area contributed by atoms with Gasteiger partial charge in [-0.1, -0.05) is 25.1 Å². The van der Waals surface area contributed by atoms with Crippen LogP contribution in [0.5, 0.6) is 0 Å². The second-order valence-corrected chi connectivity index (χ2v) is 6.29. The van der Waals surface area contributed by atoms with E-state index in [4.69, 9.17) is 0 Å². The van der Waals surface area contributed by atoms with Gasteiger partial charge >= 0.3 is 0 Å². The van der Waals surface area contributed by atoms with Gasteiger partial charge in [0.15, 0.2) is 0 Å². The van der Waals surface area contributed by atoms with E-state index < -0.39 is 0 Å². The average Bonchev–Trinajstić information content (AvgIpc) is 2.49. The van der Waals surface area contributed by atoms with Crippen molar-refractivity contribution in [2.24, 2.45) is 5.92 Å². The van der Waals surface area contributed by atoms with Crippen molar-refractivity contribution < 1.29 is 4.79 Å². The maximum Gasteiger partial charge on any atom is 0.227 e. The Morgan fingerprint density at radius 2 is 2.09 bits per heavy atom. The summed E-state index contributed by atoms with van der Waals surface area (Å²) in [5, 5.41) is 3.12. The predicted molar refractivity (Wildman–Crippen MR) is 94.6 cm³/mol. The summed E-state index contributed by atoms with van der Waals surface area (Å²) in [7, 11) is 1.90. The molecule has 0 aliphatic carbocycles. The Labute approximate surface area is 140 Å². The van der Waals surface area contributed by atoms with Crippen molar-refractivity contribution in [2.75, 3.05) is 20.1 Å². The Hall–Kier alpha value is -1.06. The van der Waals surface area contributed by atoms with Crippen molar-refractivity contribution in [3.05, 3.63) is 34.9 Å². The number of halogens is 1. The molecule has 4 heteroatoms. The first-order valence-electron chi connectivity index (χ1n) is 8.07. The Kier molecular flexibility index (Phi) is 7.37. The van der Waals surface area contributed by atoms with Crippen molar-refractivity contribution >= 4 is 18.3 Å². The van der Waals surface area contributed by atoms with Gasteiger partial charge in [0.2, 0.25) is 5.91 Å². The molecule has 3 nitrogen and oxygen atoms in total. The van der Waals surface area contributed by atoms with Crippen LogP contribution >= 0.6 is 12.4 Å². The van der Waals surface area contributed by atoms with Crippen molar-refractivity contribution in [3.63, 3.8) is 0 Å². The number of hydrogen-bond acceptors (Lipinski definition) is 2. The van der Waals surface area contributed by atoms with Crippen LogP contribution in [-0.4, -0.2) is 30.9 Å². The number of benzene rings is 1. The molecule has 1 aliphatic rings. The average molecular weight is 325 g/mol. The van der Waals surface area contributed by atoms with E-state index in [0.29, 0.717) is 0 Å². The molecule has 1 amide bonds. The third kappa shape index (κ3) is 4.02. The quantitative estimate of drug-likeness (QED) is 0.917. The number of likely N-dealkylation sites (tertiary alicyclic amines) is 1.